The number of hydrogen-bond acceptors (Lipinski definition) is 2. The van der Waals surface area contributed by atoms with Gasteiger partial charge in [-0.15, -0.1) is 0 Å². The van der Waals surface area contributed by atoms with Crippen LogP contribution in [0.1, 0.15) is 33.3 Å². The van der Waals surface area contributed by atoms with Crippen molar-refractivity contribution >= 4 is 5.69 Å². The van der Waals surface area contributed by atoms with Gasteiger partial charge in [-0.05, 0) is 52.3 Å². The van der Waals surface area contributed by atoms with E-state index in [1.54, 1.807) is 0 Å². The molecule has 20 heavy (non-hydrogen) atoms. The maximum absolute atomic E-state index is 4.33. The lowest BCUT2D eigenvalue weighted by atomic mass is 10.0. The Morgan fingerprint density at radius 2 is 1.60 bits per heavy atom. The lowest BCUT2D eigenvalue weighted by Gasteiger charge is -2.34. The van der Waals surface area contributed by atoms with E-state index in [9.17, 15) is 0 Å². The number of aryl methyl sites for hydroxylation is 1. The topological polar surface area (TPSA) is 16.1 Å². The van der Waals surface area contributed by atoms with Gasteiger partial charge in [0.2, 0.25) is 0 Å². The first-order valence-corrected chi connectivity index (χ1v) is 7.30. The normalized spacial score (nSPS) is 11.2. The number of rotatable bonds is 4. The van der Waals surface area contributed by atoms with E-state index in [0.717, 1.165) is 0 Å². The van der Waals surface area contributed by atoms with Crippen molar-refractivity contribution in [3.63, 3.8) is 0 Å². The van der Waals surface area contributed by atoms with E-state index in [-0.39, 0.29) is 0 Å². The number of benzene rings is 1. The van der Waals surface area contributed by atoms with Gasteiger partial charge in [0, 0.05) is 41.3 Å². The Labute approximate surface area is 122 Å². The lowest BCUT2D eigenvalue weighted by Crippen LogP contribution is -2.37. The monoisotopic (exact) mass is 268 g/mol. The minimum absolute atomic E-state index is 0.467. The van der Waals surface area contributed by atoms with E-state index in [4.69, 9.17) is 0 Å². The first-order chi connectivity index (χ1) is 9.50. The van der Waals surface area contributed by atoms with Gasteiger partial charge in [0.15, 0.2) is 0 Å². The molecule has 106 valence electrons. The first-order valence-electron chi connectivity index (χ1n) is 7.30. The largest absolute Gasteiger partial charge is 0.366 e. The Morgan fingerprint density at radius 1 is 0.950 bits per heavy atom. The van der Waals surface area contributed by atoms with Gasteiger partial charge in [-0.3, -0.25) is 4.98 Å². The molecule has 1 heterocycles. The van der Waals surface area contributed by atoms with Crippen molar-refractivity contribution in [1.29, 1.82) is 0 Å². The highest BCUT2D eigenvalue weighted by atomic mass is 15.2. The molecule has 0 bridgehead atoms. The summed E-state index contributed by atoms with van der Waals surface area (Å²) in [4.78, 5) is 6.79. The molecule has 0 atom stereocenters. The van der Waals surface area contributed by atoms with Crippen LogP contribution in [-0.2, 0) is 0 Å². The van der Waals surface area contributed by atoms with E-state index >= 15 is 0 Å². The van der Waals surface area contributed by atoms with Crippen molar-refractivity contribution < 1.29 is 0 Å². The Hall–Kier alpha value is -1.83. The van der Waals surface area contributed by atoms with E-state index in [1.165, 1.54) is 22.4 Å². The molecule has 2 aromatic rings. The number of anilines is 1. The van der Waals surface area contributed by atoms with E-state index < -0.39 is 0 Å². The van der Waals surface area contributed by atoms with Crippen molar-refractivity contribution in [2.24, 2.45) is 0 Å². The van der Waals surface area contributed by atoms with Crippen LogP contribution in [-0.4, -0.2) is 17.1 Å². The summed E-state index contributed by atoms with van der Waals surface area (Å²) in [6.45, 7) is 11.1. The molecule has 2 heteroatoms. The highest BCUT2D eigenvalue weighted by Gasteiger charge is 2.17. The van der Waals surface area contributed by atoms with Gasteiger partial charge in [-0.1, -0.05) is 18.2 Å². The second kappa shape index (κ2) is 6.08. The third kappa shape index (κ3) is 3.01. The van der Waals surface area contributed by atoms with Crippen LogP contribution in [0.4, 0.5) is 5.69 Å². The summed E-state index contributed by atoms with van der Waals surface area (Å²) in [6, 6.07) is 11.7. The fraction of sp³-hybridized carbons (Fsp3) is 0.389. The average Bonchev–Trinajstić information content (AvgIpc) is 2.38. The minimum Gasteiger partial charge on any atom is -0.366 e. The van der Waals surface area contributed by atoms with Crippen LogP contribution < -0.4 is 4.90 Å². The predicted octanol–water partition coefficient (Wildman–Crippen LogP) is 4.68. The SMILES string of the molecule is Cc1cncc(-c2ccccc2N(C(C)C)C(C)C)c1. The van der Waals surface area contributed by atoms with E-state index in [2.05, 4.69) is 74.8 Å². The number of aromatic nitrogens is 1. The Kier molecular flexibility index (Phi) is 4.43. The Morgan fingerprint density at radius 3 is 2.20 bits per heavy atom. The quantitative estimate of drug-likeness (QED) is 0.800. The average molecular weight is 268 g/mol. The number of para-hydroxylation sites is 1. The van der Waals surface area contributed by atoms with E-state index in [0.29, 0.717) is 12.1 Å². The summed E-state index contributed by atoms with van der Waals surface area (Å²) in [7, 11) is 0. The van der Waals surface area contributed by atoms with Crippen LogP contribution in [0.3, 0.4) is 0 Å². The summed E-state index contributed by atoms with van der Waals surface area (Å²) in [5.74, 6) is 0. The van der Waals surface area contributed by atoms with Gasteiger partial charge < -0.3 is 4.90 Å². The smallest absolute Gasteiger partial charge is 0.0451 e. The van der Waals surface area contributed by atoms with Crippen LogP contribution in [0, 0.1) is 6.92 Å². The molecule has 0 amide bonds. The second-order valence-electron chi connectivity index (χ2n) is 5.86. The molecule has 0 saturated heterocycles. The third-order valence-corrected chi connectivity index (χ3v) is 3.48. The molecule has 0 aliphatic heterocycles. The second-order valence-corrected chi connectivity index (χ2v) is 5.86. The molecular weight excluding hydrogens is 244 g/mol. The van der Waals surface area contributed by atoms with Gasteiger partial charge in [-0.25, -0.2) is 0 Å². The molecule has 2 nitrogen and oxygen atoms in total. The zero-order valence-electron chi connectivity index (χ0n) is 13.1. The molecule has 2 rings (SSSR count). The summed E-state index contributed by atoms with van der Waals surface area (Å²) >= 11 is 0. The van der Waals surface area contributed by atoms with Crippen molar-refractivity contribution in [2.45, 2.75) is 46.7 Å². The molecule has 0 radical (unpaired) electrons. The number of pyridine rings is 1. The first kappa shape index (κ1) is 14.6. The standard InChI is InChI=1S/C18H24N2/c1-13(2)20(14(3)4)18-9-7-6-8-17(18)16-10-15(5)11-19-12-16/h6-14H,1-5H3. The van der Waals surface area contributed by atoms with Crippen molar-refractivity contribution in [3.8, 4) is 11.1 Å². The molecule has 1 aromatic heterocycles. The lowest BCUT2D eigenvalue weighted by molar-refractivity contribution is 0.609. The third-order valence-electron chi connectivity index (χ3n) is 3.48. The molecule has 0 unspecified atom stereocenters. The highest BCUT2D eigenvalue weighted by Crippen LogP contribution is 2.33. The Bertz CT molecular complexity index is 565. The maximum atomic E-state index is 4.33. The summed E-state index contributed by atoms with van der Waals surface area (Å²) in [6.07, 6.45) is 3.85. The van der Waals surface area contributed by atoms with Crippen LogP contribution in [0.15, 0.2) is 42.7 Å². The van der Waals surface area contributed by atoms with Crippen LogP contribution in [0.2, 0.25) is 0 Å². The molecule has 0 fully saturated rings. The molecule has 1 aromatic carbocycles. The predicted molar refractivity (Wildman–Crippen MR) is 87.2 cm³/mol. The van der Waals surface area contributed by atoms with Gasteiger partial charge in [0.05, 0.1) is 0 Å². The zero-order valence-corrected chi connectivity index (χ0v) is 13.1. The summed E-state index contributed by atoms with van der Waals surface area (Å²) in [5.41, 5.74) is 4.92. The van der Waals surface area contributed by atoms with E-state index in [1.807, 2.05) is 12.4 Å². The number of nitrogens with zero attached hydrogens (tertiary/aromatic N) is 2. The van der Waals surface area contributed by atoms with Crippen LogP contribution >= 0.6 is 0 Å². The summed E-state index contributed by atoms with van der Waals surface area (Å²) in [5, 5.41) is 0. The van der Waals surface area contributed by atoms with Crippen LogP contribution in [0.5, 0.6) is 0 Å². The molecule has 0 spiro atoms. The molecule has 0 aliphatic rings. The van der Waals surface area contributed by atoms with Gasteiger partial charge in [-0.2, -0.15) is 0 Å². The molecule has 0 aliphatic carbocycles. The molecule has 0 saturated carbocycles. The molecular formula is C18H24N2. The van der Waals surface area contributed by atoms with Gasteiger partial charge in [0.1, 0.15) is 0 Å². The van der Waals surface area contributed by atoms with Crippen LogP contribution in [0.25, 0.3) is 11.1 Å². The minimum atomic E-state index is 0.467. The fourth-order valence-corrected chi connectivity index (χ4v) is 2.80. The highest BCUT2D eigenvalue weighted by molar-refractivity contribution is 5.78. The molecule has 0 N–H and O–H groups in total. The van der Waals surface area contributed by atoms with Gasteiger partial charge in [0.25, 0.3) is 0 Å². The fourth-order valence-electron chi connectivity index (χ4n) is 2.80. The zero-order chi connectivity index (χ0) is 14.7. The Balaban J connectivity index is 2.55. The maximum Gasteiger partial charge on any atom is 0.0451 e. The van der Waals surface area contributed by atoms with Gasteiger partial charge >= 0.3 is 0 Å². The van der Waals surface area contributed by atoms with Crippen molar-refractivity contribution in [1.82, 2.24) is 4.98 Å². The number of hydrogen-bond donors (Lipinski definition) is 0. The van der Waals surface area contributed by atoms with Crippen molar-refractivity contribution in [3.05, 3.63) is 48.3 Å². The van der Waals surface area contributed by atoms with Crippen molar-refractivity contribution in [2.75, 3.05) is 4.90 Å². The summed E-state index contributed by atoms with van der Waals surface area (Å²) < 4.78 is 0.